The molecule has 0 spiro atoms. The molecule has 0 unspecified atom stereocenters. The number of hydrogen-bond donors (Lipinski definition) is 1. The average Bonchev–Trinajstić information content (AvgIpc) is 2.61. The maximum absolute atomic E-state index is 10.8. The van der Waals surface area contributed by atoms with Gasteiger partial charge in [0.15, 0.2) is 0 Å². The molecule has 0 bridgehead atoms. The van der Waals surface area contributed by atoms with E-state index in [1.165, 1.54) is 12.1 Å². The molecule has 0 radical (unpaired) electrons. The fourth-order valence-corrected chi connectivity index (χ4v) is 2.90. The summed E-state index contributed by atoms with van der Waals surface area (Å²) in [6.07, 6.45) is 0. The van der Waals surface area contributed by atoms with Gasteiger partial charge in [0.1, 0.15) is 5.75 Å². The van der Waals surface area contributed by atoms with E-state index >= 15 is 0 Å². The molecule has 1 N–H and O–H groups in total. The maximum atomic E-state index is 10.8. The molecule has 1 heterocycles. The summed E-state index contributed by atoms with van der Waals surface area (Å²) < 4.78 is 0. The number of hydrogen-bond acceptors (Lipinski definition) is 4. The Morgan fingerprint density at radius 1 is 0.875 bits per heavy atom. The fourth-order valence-electron chi connectivity index (χ4n) is 2.90. The molecule has 116 valence electrons. The van der Waals surface area contributed by atoms with Crippen molar-refractivity contribution in [1.82, 2.24) is 4.98 Å². The molecule has 3 aromatic carbocycles. The number of nitrogens with zero attached hydrogens (tertiary/aromatic N) is 2. The molecule has 5 heteroatoms. The predicted molar refractivity (Wildman–Crippen MR) is 93.0 cm³/mol. The molecule has 1 aromatic heterocycles. The number of rotatable bonds is 2. The Bertz CT molecular complexity index is 1090. The van der Waals surface area contributed by atoms with Crippen molar-refractivity contribution >= 4 is 27.4 Å². The fraction of sp³-hybridized carbons (Fsp3) is 0. The van der Waals surface area contributed by atoms with Crippen LogP contribution in [0.4, 0.5) is 5.69 Å². The number of phenols is 1. The second-order valence-electron chi connectivity index (χ2n) is 5.51. The Balaban J connectivity index is 2.04. The van der Waals surface area contributed by atoms with E-state index in [2.05, 4.69) is 0 Å². The summed E-state index contributed by atoms with van der Waals surface area (Å²) >= 11 is 0. The number of aromatic nitrogens is 1. The number of nitro groups is 1. The first-order valence-corrected chi connectivity index (χ1v) is 7.40. The van der Waals surface area contributed by atoms with Crippen LogP contribution in [-0.2, 0) is 0 Å². The van der Waals surface area contributed by atoms with Crippen LogP contribution in [0.2, 0.25) is 0 Å². The number of para-hydroxylation sites is 1. The van der Waals surface area contributed by atoms with Gasteiger partial charge >= 0.3 is 0 Å². The first kappa shape index (κ1) is 14.1. The molecule has 0 saturated carbocycles. The lowest BCUT2D eigenvalue weighted by Crippen LogP contribution is -1.91. The highest BCUT2D eigenvalue weighted by atomic mass is 16.6. The molecular formula is C19H12N2O3. The van der Waals surface area contributed by atoms with Gasteiger partial charge in [0, 0.05) is 28.5 Å². The molecule has 0 aliphatic carbocycles. The maximum Gasteiger partial charge on any atom is 0.269 e. The van der Waals surface area contributed by atoms with Gasteiger partial charge in [0.05, 0.1) is 16.1 Å². The molecule has 24 heavy (non-hydrogen) atoms. The smallest absolute Gasteiger partial charge is 0.269 e. The lowest BCUT2D eigenvalue weighted by Gasteiger charge is -2.10. The first-order valence-electron chi connectivity index (χ1n) is 7.40. The van der Waals surface area contributed by atoms with Crippen LogP contribution in [0.1, 0.15) is 0 Å². The predicted octanol–water partition coefficient (Wildman–Crippen LogP) is 4.67. The average molecular weight is 316 g/mol. The normalized spacial score (nSPS) is 11.0. The topological polar surface area (TPSA) is 76.3 Å². The van der Waals surface area contributed by atoms with Gasteiger partial charge in [-0.25, -0.2) is 4.98 Å². The van der Waals surface area contributed by atoms with Gasteiger partial charge in [-0.2, -0.15) is 0 Å². The van der Waals surface area contributed by atoms with Crippen molar-refractivity contribution in [3.8, 4) is 17.0 Å². The minimum Gasteiger partial charge on any atom is -0.508 e. The monoisotopic (exact) mass is 316 g/mol. The Labute approximate surface area is 137 Å². The Kier molecular flexibility index (Phi) is 3.13. The van der Waals surface area contributed by atoms with Gasteiger partial charge in [0.25, 0.3) is 5.69 Å². The van der Waals surface area contributed by atoms with E-state index in [1.54, 1.807) is 24.3 Å². The van der Waals surface area contributed by atoms with Crippen LogP contribution in [0.25, 0.3) is 32.9 Å². The molecule has 0 aliphatic heterocycles. The molecule has 0 fully saturated rings. The lowest BCUT2D eigenvalue weighted by atomic mass is 9.99. The van der Waals surface area contributed by atoms with Crippen molar-refractivity contribution in [2.45, 2.75) is 0 Å². The van der Waals surface area contributed by atoms with Crippen molar-refractivity contribution in [3.63, 3.8) is 0 Å². The molecule has 0 amide bonds. The van der Waals surface area contributed by atoms with Gasteiger partial charge in [-0.15, -0.1) is 0 Å². The highest BCUT2D eigenvalue weighted by Crippen LogP contribution is 2.34. The van der Waals surface area contributed by atoms with E-state index < -0.39 is 4.92 Å². The first-order chi connectivity index (χ1) is 11.6. The third kappa shape index (κ3) is 2.23. The quantitative estimate of drug-likeness (QED) is 0.331. The standard InChI is InChI=1S/C19H12N2O3/c22-14-9-10-16-17(11-14)15-3-1-2-4-18(15)20-19(16)12-5-7-13(8-6-12)21(23)24/h1-11,22H. The number of fused-ring (bicyclic) bond motifs is 3. The zero-order valence-electron chi connectivity index (χ0n) is 12.5. The van der Waals surface area contributed by atoms with Crippen molar-refractivity contribution in [3.05, 3.63) is 76.8 Å². The summed E-state index contributed by atoms with van der Waals surface area (Å²) in [7, 11) is 0. The van der Waals surface area contributed by atoms with Crippen LogP contribution in [-0.4, -0.2) is 15.0 Å². The Hall–Kier alpha value is -3.47. The number of pyridine rings is 1. The van der Waals surface area contributed by atoms with Crippen LogP contribution >= 0.6 is 0 Å². The van der Waals surface area contributed by atoms with Gasteiger partial charge in [-0.3, -0.25) is 10.1 Å². The van der Waals surface area contributed by atoms with E-state index in [1.807, 2.05) is 30.3 Å². The van der Waals surface area contributed by atoms with Gasteiger partial charge in [0.2, 0.25) is 0 Å². The summed E-state index contributed by atoms with van der Waals surface area (Å²) in [5.74, 6) is 0.188. The molecule has 4 rings (SSSR count). The second kappa shape index (κ2) is 5.31. The SMILES string of the molecule is O=[N+]([O-])c1ccc(-c2nc3ccccc3c3cc(O)ccc23)cc1. The van der Waals surface area contributed by atoms with Crippen molar-refractivity contribution in [2.24, 2.45) is 0 Å². The van der Waals surface area contributed by atoms with Crippen LogP contribution in [0.15, 0.2) is 66.7 Å². The minimum absolute atomic E-state index is 0.0430. The summed E-state index contributed by atoms with van der Waals surface area (Å²) in [5, 5.41) is 23.4. The van der Waals surface area contributed by atoms with Crippen LogP contribution in [0, 0.1) is 10.1 Å². The second-order valence-corrected chi connectivity index (χ2v) is 5.51. The van der Waals surface area contributed by atoms with Crippen LogP contribution < -0.4 is 0 Å². The Morgan fingerprint density at radius 3 is 2.38 bits per heavy atom. The number of aromatic hydroxyl groups is 1. The van der Waals surface area contributed by atoms with E-state index in [4.69, 9.17) is 4.98 Å². The molecule has 0 atom stereocenters. The summed E-state index contributed by atoms with van der Waals surface area (Å²) in [4.78, 5) is 15.1. The highest BCUT2D eigenvalue weighted by molar-refractivity contribution is 6.11. The van der Waals surface area contributed by atoms with E-state index in [9.17, 15) is 15.2 Å². The summed E-state index contributed by atoms with van der Waals surface area (Å²) in [5.41, 5.74) is 2.38. The van der Waals surface area contributed by atoms with Crippen LogP contribution in [0.5, 0.6) is 5.75 Å². The largest absolute Gasteiger partial charge is 0.508 e. The third-order valence-electron chi connectivity index (χ3n) is 4.04. The number of benzene rings is 3. The van der Waals surface area contributed by atoms with E-state index in [0.717, 1.165) is 32.9 Å². The summed E-state index contributed by atoms with van der Waals surface area (Å²) in [6.45, 7) is 0. The number of non-ortho nitro benzene ring substituents is 1. The van der Waals surface area contributed by atoms with Crippen LogP contribution in [0.3, 0.4) is 0 Å². The van der Waals surface area contributed by atoms with Gasteiger partial charge in [-0.1, -0.05) is 18.2 Å². The zero-order chi connectivity index (χ0) is 16.7. The van der Waals surface area contributed by atoms with Crippen molar-refractivity contribution in [2.75, 3.05) is 0 Å². The molecule has 5 nitrogen and oxygen atoms in total. The lowest BCUT2D eigenvalue weighted by molar-refractivity contribution is -0.384. The third-order valence-corrected chi connectivity index (χ3v) is 4.04. The summed E-state index contributed by atoms with van der Waals surface area (Å²) in [6, 6.07) is 19.2. The zero-order valence-corrected chi connectivity index (χ0v) is 12.5. The van der Waals surface area contributed by atoms with E-state index in [0.29, 0.717) is 0 Å². The van der Waals surface area contributed by atoms with Crippen molar-refractivity contribution < 1.29 is 10.0 Å². The molecule has 0 aliphatic rings. The van der Waals surface area contributed by atoms with Crippen molar-refractivity contribution in [1.29, 1.82) is 0 Å². The molecule has 4 aromatic rings. The molecular weight excluding hydrogens is 304 g/mol. The van der Waals surface area contributed by atoms with Gasteiger partial charge < -0.3 is 5.11 Å². The minimum atomic E-state index is -0.423. The van der Waals surface area contributed by atoms with E-state index in [-0.39, 0.29) is 11.4 Å². The number of phenolic OH excluding ortho intramolecular Hbond substituents is 1. The number of nitro benzene ring substituents is 1. The highest BCUT2D eigenvalue weighted by Gasteiger charge is 2.12. The Morgan fingerprint density at radius 2 is 1.62 bits per heavy atom. The molecule has 0 saturated heterocycles. The van der Waals surface area contributed by atoms with Gasteiger partial charge in [-0.05, 0) is 41.8 Å².